The SMILES string of the molecule is COc1ccc(NS(=O)(=O)C2(C(=O)NO)CCCN2c2ccc(S)cc2)cc1. The van der Waals surface area contributed by atoms with E-state index in [0.29, 0.717) is 29.3 Å². The highest BCUT2D eigenvalue weighted by Crippen LogP contribution is 2.39. The van der Waals surface area contributed by atoms with E-state index in [1.165, 1.54) is 29.6 Å². The largest absolute Gasteiger partial charge is 0.497 e. The van der Waals surface area contributed by atoms with Crippen LogP contribution in [0.1, 0.15) is 12.8 Å². The van der Waals surface area contributed by atoms with Crippen molar-refractivity contribution in [2.45, 2.75) is 22.6 Å². The highest BCUT2D eigenvalue weighted by Gasteiger charge is 2.58. The van der Waals surface area contributed by atoms with Crippen molar-refractivity contribution in [2.75, 3.05) is 23.3 Å². The first kappa shape index (κ1) is 20.3. The first-order chi connectivity index (χ1) is 13.3. The molecule has 0 aromatic heterocycles. The number of hydrogen-bond donors (Lipinski definition) is 4. The van der Waals surface area contributed by atoms with Gasteiger partial charge in [0.05, 0.1) is 7.11 Å². The van der Waals surface area contributed by atoms with Crippen LogP contribution in [0.25, 0.3) is 0 Å². The third-order valence-electron chi connectivity index (χ3n) is 4.74. The average molecular weight is 424 g/mol. The van der Waals surface area contributed by atoms with E-state index >= 15 is 0 Å². The summed E-state index contributed by atoms with van der Waals surface area (Å²) in [7, 11) is -2.76. The molecule has 1 heterocycles. The fraction of sp³-hybridized carbons (Fsp3) is 0.278. The normalized spacial score (nSPS) is 19.3. The Labute approximate surface area is 168 Å². The molecule has 8 nitrogen and oxygen atoms in total. The maximum atomic E-state index is 13.4. The van der Waals surface area contributed by atoms with Crippen LogP contribution in [0.4, 0.5) is 11.4 Å². The van der Waals surface area contributed by atoms with Gasteiger partial charge in [0.1, 0.15) is 5.75 Å². The Kier molecular flexibility index (Phi) is 5.73. The maximum absolute atomic E-state index is 13.4. The topological polar surface area (TPSA) is 108 Å². The molecular weight excluding hydrogens is 402 g/mol. The molecule has 1 aliphatic rings. The molecule has 0 saturated carbocycles. The predicted octanol–water partition coefficient (Wildman–Crippen LogP) is 2.23. The Morgan fingerprint density at radius 3 is 2.39 bits per heavy atom. The Morgan fingerprint density at radius 1 is 1.18 bits per heavy atom. The van der Waals surface area contributed by atoms with Gasteiger partial charge in [-0.1, -0.05) is 0 Å². The molecule has 150 valence electrons. The zero-order valence-electron chi connectivity index (χ0n) is 15.1. The molecule has 2 aromatic rings. The second kappa shape index (κ2) is 7.90. The van der Waals surface area contributed by atoms with E-state index in [0.717, 1.165) is 0 Å². The molecule has 2 aromatic carbocycles. The number of hydrogen-bond acceptors (Lipinski definition) is 7. The Bertz CT molecular complexity index is 948. The fourth-order valence-corrected chi connectivity index (χ4v) is 5.34. The van der Waals surface area contributed by atoms with E-state index in [4.69, 9.17) is 4.74 Å². The summed E-state index contributed by atoms with van der Waals surface area (Å²) in [6, 6.07) is 13.1. The summed E-state index contributed by atoms with van der Waals surface area (Å²) < 4.78 is 34.3. The molecule has 1 fully saturated rings. The zero-order chi connectivity index (χ0) is 20.4. The standard InChI is InChI=1S/C18H21N3O5S2/c1-26-15-7-3-13(4-8-15)20-28(24,25)18(17(22)19-23)11-2-12-21(18)14-5-9-16(27)10-6-14/h3-10,20,23,27H,2,11-12H2,1H3,(H,19,22). The Hall–Kier alpha value is -2.43. The van der Waals surface area contributed by atoms with Gasteiger partial charge < -0.3 is 9.64 Å². The van der Waals surface area contributed by atoms with E-state index in [-0.39, 0.29) is 12.1 Å². The number of anilines is 2. The lowest BCUT2D eigenvalue weighted by Crippen LogP contribution is -2.62. The summed E-state index contributed by atoms with van der Waals surface area (Å²) in [6.45, 7) is 0.336. The molecule has 0 spiro atoms. The molecule has 3 N–H and O–H groups in total. The number of methoxy groups -OCH3 is 1. The molecule has 0 aliphatic carbocycles. The number of hydroxylamine groups is 1. The second-order valence-corrected chi connectivity index (χ2v) is 8.73. The van der Waals surface area contributed by atoms with Gasteiger partial charge in [-0.2, -0.15) is 0 Å². The summed E-state index contributed by atoms with van der Waals surface area (Å²) in [5.74, 6) is -0.443. The van der Waals surface area contributed by atoms with Crippen LogP contribution in [-0.4, -0.2) is 38.1 Å². The molecule has 1 saturated heterocycles. The molecule has 1 atom stereocenters. The van der Waals surface area contributed by atoms with Gasteiger partial charge in [0.25, 0.3) is 15.9 Å². The lowest BCUT2D eigenvalue weighted by molar-refractivity contribution is -0.131. The lowest BCUT2D eigenvalue weighted by Gasteiger charge is -2.37. The highest BCUT2D eigenvalue weighted by molar-refractivity contribution is 7.95. The van der Waals surface area contributed by atoms with Crippen LogP contribution in [-0.2, 0) is 14.8 Å². The predicted molar refractivity (Wildman–Crippen MR) is 108 cm³/mol. The van der Waals surface area contributed by atoms with Crippen molar-refractivity contribution in [3.8, 4) is 5.75 Å². The van der Waals surface area contributed by atoms with Crippen LogP contribution in [0.15, 0.2) is 53.4 Å². The Balaban J connectivity index is 2.04. The number of rotatable bonds is 6. The number of carbonyl (C=O) groups is 1. The number of amides is 1. The smallest absolute Gasteiger partial charge is 0.287 e. The number of nitrogens with zero attached hydrogens (tertiary/aromatic N) is 1. The minimum absolute atomic E-state index is 0.0213. The van der Waals surface area contributed by atoms with Crippen LogP contribution in [0.5, 0.6) is 5.75 Å². The first-order valence-electron chi connectivity index (χ1n) is 8.52. The van der Waals surface area contributed by atoms with Crippen molar-refractivity contribution in [1.82, 2.24) is 5.48 Å². The van der Waals surface area contributed by atoms with E-state index < -0.39 is 20.8 Å². The number of nitrogens with one attached hydrogen (secondary N) is 2. The lowest BCUT2D eigenvalue weighted by atomic mass is 10.2. The number of benzene rings is 2. The fourth-order valence-electron chi connectivity index (χ4n) is 3.39. The van der Waals surface area contributed by atoms with E-state index in [2.05, 4.69) is 17.4 Å². The highest BCUT2D eigenvalue weighted by atomic mass is 32.2. The summed E-state index contributed by atoms with van der Waals surface area (Å²) in [6.07, 6.45) is 0.479. The van der Waals surface area contributed by atoms with Crippen molar-refractivity contribution in [2.24, 2.45) is 0 Å². The zero-order valence-corrected chi connectivity index (χ0v) is 16.8. The molecule has 0 radical (unpaired) electrons. The van der Waals surface area contributed by atoms with E-state index in [9.17, 15) is 18.4 Å². The minimum Gasteiger partial charge on any atom is -0.497 e. The number of ether oxygens (including phenoxy) is 1. The third-order valence-corrected chi connectivity index (χ3v) is 7.04. The molecule has 0 bridgehead atoms. The average Bonchev–Trinajstić information content (AvgIpc) is 3.15. The van der Waals surface area contributed by atoms with Crippen molar-refractivity contribution >= 4 is 39.9 Å². The van der Waals surface area contributed by atoms with Crippen LogP contribution in [0.2, 0.25) is 0 Å². The summed E-state index contributed by atoms with van der Waals surface area (Å²) in [5.41, 5.74) is 2.36. The first-order valence-corrected chi connectivity index (χ1v) is 10.4. The molecule has 10 heteroatoms. The van der Waals surface area contributed by atoms with Gasteiger partial charge >= 0.3 is 0 Å². The van der Waals surface area contributed by atoms with Gasteiger partial charge in [0, 0.05) is 22.8 Å². The summed E-state index contributed by atoms with van der Waals surface area (Å²) in [4.78, 5) is 12.9. The summed E-state index contributed by atoms with van der Waals surface area (Å²) >= 11 is 4.24. The van der Waals surface area contributed by atoms with Crippen molar-refractivity contribution in [1.29, 1.82) is 0 Å². The van der Waals surface area contributed by atoms with Crippen LogP contribution >= 0.6 is 12.6 Å². The van der Waals surface area contributed by atoms with E-state index in [1.54, 1.807) is 36.4 Å². The van der Waals surface area contributed by atoms with Gasteiger partial charge in [-0.15, -0.1) is 12.6 Å². The second-order valence-electron chi connectivity index (χ2n) is 6.33. The monoisotopic (exact) mass is 423 g/mol. The van der Waals surface area contributed by atoms with Gasteiger partial charge in [-0.25, -0.2) is 13.9 Å². The number of carbonyl (C=O) groups excluding carboxylic acids is 1. The third kappa shape index (κ3) is 3.50. The van der Waals surface area contributed by atoms with Gasteiger partial charge in [-0.3, -0.25) is 14.7 Å². The number of thiol groups is 1. The molecule has 1 amide bonds. The van der Waals surface area contributed by atoms with Crippen LogP contribution in [0.3, 0.4) is 0 Å². The Morgan fingerprint density at radius 2 is 1.82 bits per heavy atom. The summed E-state index contributed by atoms with van der Waals surface area (Å²) in [5, 5.41) is 9.32. The van der Waals surface area contributed by atoms with Crippen molar-refractivity contribution in [3.63, 3.8) is 0 Å². The number of sulfonamides is 1. The quantitative estimate of drug-likeness (QED) is 0.322. The van der Waals surface area contributed by atoms with Gasteiger partial charge in [-0.05, 0) is 61.4 Å². The molecule has 1 unspecified atom stereocenters. The van der Waals surface area contributed by atoms with E-state index in [1.807, 2.05) is 0 Å². The van der Waals surface area contributed by atoms with Crippen molar-refractivity contribution < 1.29 is 23.2 Å². The van der Waals surface area contributed by atoms with Crippen LogP contribution in [0, 0.1) is 0 Å². The molecule has 1 aliphatic heterocycles. The molecule has 3 rings (SSSR count). The molecular formula is C18H21N3O5S2. The van der Waals surface area contributed by atoms with Gasteiger partial charge in [0.2, 0.25) is 4.87 Å². The molecule has 28 heavy (non-hydrogen) atoms. The maximum Gasteiger partial charge on any atom is 0.287 e. The van der Waals surface area contributed by atoms with Crippen molar-refractivity contribution in [3.05, 3.63) is 48.5 Å². The van der Waals surface area contributed by atoms with Crippen LogP contribution < -0.4 is 19.8 Å². The minimum atomic E-state index is -4.27. The van der Waals surface area contributed by atoms with Gasteiger partial charge in [0.15, 0.2) is 0 Å².